The first kappa shape index (κ1) is 11.9. The second-order valence-corrected chi connectivity index (χ2v) is 4.25. The number of nitrogen functional groups attached to an aromatic ring is 1. The summed E-state index contributed by atoms with van der Waals surface area (Å²) < 4.78 is 0. The SMILES string of the molecule is Cc1cc(C)cc(Nc2ccc(N)c(C#N)n2)c1. The molecule has 0 saturated carbocycles. The Morgan fingerprint density at radius 3 is 2.44 bits per heavy atom. The topological polar surface area (TPSA) is 74.7 Å². The zero-order valence-electron chi connectivity index (χ0n) is 10.4. The van der Waals surface area contributed by atoms with E-state index in [2.05, 4.69) is 16.4 Å². The molecule has 0 amide bonds. The molecule has 0 radical (unpaired) electrons. The predicted molar refractivity (Wildman–Crippen MR) is 72.6 cm³/mol. The molecular weight excluding hydrogens is 224 g/mol. The van der Waals surface area contributed by atoms with Crippen LogP contribution < -0.4 is 11.1 Å². The van der Waals surface area contributed by atoms with Gasteiger partial charge >= 0.3 is 0 Å². The van der Waals surface area contributed by atoms with E-state index in [4.69, 9.17) is 11.0 Å². The van der Waals surface area contributed by atoms with Crippen LogP contribution in [0.25, 0.3) is 0 Å². The average Bonchev–Trinajstić information content (AvgIpc) is 2.30. The molecule has 0 fully saturated rings. The van der Waals surface area contributed by atoms with Gasteiger partial charge in [-0.05, 0) is 49.2 Å². The molecule has 0 bridgehead atoms. The molecule has 3 N–H and O–H groups in total. The first-order valence-electron chi connectivity index (χ1n) is 5.60. The summed E-state index contributed by atoms with van der Waals surface area (Å²) in [6, 6.07) is 11.6. The Hall–Kier alpha value is -2.54. The summed E-state index contributed by atoms with van der Waals surface area (Å²) >= 11 is 0. The van der Waals surface area contributed by atoms with Crippen LogP contribution in [0, 0.1) is 25.2 Å². The first-order valence-corrected chi connectivity index (χ1v) is 5.60. The molecule has 2 rings (SSSR count). The number of nitrogens with one attached hydrogen (secondary N) is 1. The van der Waals surface area contributed by atoms with Crippen LogP contribution in [0.3, 0.4) is 0 Å². The van der Waals surface area contributed by atoms with Gasteiger partial charge in [-0.25, -0.2) is 4.98 Å². The van der Waals surface area contributed by atoms with Crippen molar-refractivity contribution in [3.05, 3.63) is 47.2 Å². The molecule has 0 aliphatic heterocycles. The van der Waals surface area contributed by atoms with Crippen LogP contribution in [0.5, 0.6) is 0 Å². The highest BCUT2D eigenvalue weighted by Crippen LogP contribution is 2.20. The molecule has 0 unspecified atom stereocenters. The van der Waals surface area contributed by atoms with Crippen molar-refractivity contribution in [2.45, 2.75) is 13.8 Å². The number of nitrogens with zero attached hydrogens (tertiary/aromatic N) is 2. The van der Waals surface area contributed by atoms with E-state index in [0.717, 1.165) is 5.69 Å². The molecule has 18 heavy (non-hydrogen) atoms. The Kier molecular flexibility index (Phi) is 3.16. The number of benzene rings is 1. The third-order valence-corrected chi connectivity index (χ3v) is 2.53. The van der Waals surface area contributed by atoms with E-state index in [1.54, 1.807) is 12.1 Å². The van der Waals surface area contributed by atoms with Crippen molar-refractivity contribution in [3.8, 4) is 6.07 Å². The van der Waals surface area contributed by atoms with Gasteiger partial charge in [-0.3, -0.25) is 0 Å². The lowest BCUT2D eigenvalue weighted by molar-refractivity contribution is 1.25. The van der Waals surface area contributed by atoms with Crippen LogP contribution in [-0.2, 0) is 0 Å². The fourth-order valence-electron chi connectivity index (χ4n) is 1.82. The third-order valence-electron chi connectivity index (χ3n) is 2.53. The lowest BCUT2D eigenvalue weighted by Gasteiger charge is -2.08. The fourth-order valence-corrected chi connectivity index (χ4v) is 1.82. The molecular formula is C14H14N4. The van der Waals surface area contributed by atoms with Crippen molar-refractivity contribution in [1.82, 2.24) is 4.98 Å². The van der Waals surface area contributed by atoms with Gasteiger partial charge in [-0.15, -0.1) is 0 Å². The average molecular weight is 238 g/mol. The van der Waals surface area contributed by atoms with E-state index in [1.807, 2.05) is 32.0 Å². The van der Waals surface area contributed by atoms with Crippen LogP contribution in [0.15, 0.2) is 30.3 Å². The monoisotopic (exact) mass is 238 g/mol. The molecule has 0 atom stereocenters. The number of nitrogens with two attached hydrogens (primary N) is 1. The van der Waals surface area contributed by atoms with E-state index >= 15 is 0 Å². The van der Waals surface area contributed by atoms with Gasteiger partial charge in [0.05, 0.1) is 5.69 Å². The van der Waals surface area contributed by atoms with Crippen molar-refractivity contribution >= 4 is 17.2 Å². The van der Waals surface area contributed by atoms with Crippen LogP contribution in [0.1, 0.15) is 16.8 Å². The molecule has 4 nitrogen and oxygen atoms in total. The van der Waals surface area contributed by atoms with Gasteiger partial charge in [0.15, 0.2) is 5.69 Å². The molecule has 2 aromatic rings. The zero-order chi connectivity index (χ0) is 13.1. The Morgan fingerprint density at radius 2 is 1.83 bits per heavy atom. The molecule has 90 valence electrons. The molecule has 1 heterocycles. The molecule has 0 aliphatic carbocycles. The maximum Gasteiger partial charge on any atom is 0.165 e. The van der Waals surface area contributed by atoms with Crippen molar-refractivity contribution in [1.29, 1.82) is 5.26 Å². The molecule has 1 aromatic carbocycles. The number of anilines is 3. The van der Waals surface area contributed by atoms with E-state index in [9.17, 15) is 0 Å². The Morgan fingerprint density at radius 1 is 1.17 bits per heavy atom. The maximum absolute atomic E-state index is 8.88. The summed E-state index contributed by atoms with van der Waals surface area (Å²) in [5.41, 5.74) is 9.56. The standard InChI is InChI=1S/C14H14N4/c1-9-5-10(2)7-11(6-9)17-14-4-3-12(16)13(8-15)18-14/h3-7H,16H2,1-2H3,(H,17,18). The summed E-state index contributed by atoms with van der Waals surface area (Å²) in [5.74, 6) is 0.616. The highest BCUT2D eigenvalue weighted by molar-refractivity contribution is 5.62. The summed E-state index contributed by atoms with van der Waals surface area (Å²) in [5, 5.41) is 12.0. The van der Waals surface area contributed by atoms with Gasteiger partial charge in [-0.2, -0.15) is 5.26 Å². The molecule has 4 heteroatoms. The smallest absolute Gasteiger partial charge is 0.165 e. The van der Waals surface area contributed by atoms with E-state index in [-0.39, 0.29) is 5.69 Å². The van der Waals surface area contributed by atoms with Crippen molar-refractivity contribution in [2.75, 3.05) is 11.1 Å². The summed E-state index contributed by atoms with van der Waals surface area (Å²) in [4.78, 5) is 4.15. The Labute approximate surface area is 106 Å². The van der Waals surface area contributed by atoms with Crippen LogP contribution in [0.4, 0.5) is 17.2 Å². The second kappa shape index (κ2) is 4.76. The number of nitriles is 1. The van der Waals surface area contributed by atoms with Gasteiger partial charge < -0.3 is 11.1 Å². The number of hydrogen-bond acceptors (Lipinski definition) is 4. The maximum atomic E-state index is 8.88. The minimum Gasteiger partial charge on any atom is -0.396 e. The lowest BCUT2D eigenvalue weighted by Crippen LogP contribution is -1.99. The van der Waals surface area contributed by atoms with Crippen LogP contribution in [0.2, 0.25) is 0 Å². The molecule has 0 saturated heterocycles. The summed E-state index contributed by atoms with van der Waals surface area (Å²) in [7, 11) is 0. The van der Waals surface area contributed by atoms with Crippen LogP contribution >= 0.6 is 0 Å². The number of hydrogen-bond donors (Lipinski definition) is 2. The highest BCUT2D eigenvalue weighted by Gasteiger charge is 2.03. The Bertz CT molecular complexity index is 606. The van der Waals surface area contributed by atoms with E-state index in [1.165, 1.54) is 11.1 Å². The van der Waals surface area contributed by atoms with Crippen molar-refractivity contribution in [3.63, 3.8) is 0 Å². The molecule has 1 aromatic heterocycles. The van der Waals surface area contributed by atoms with Gasteiger partial charge in [0.2, 0.25) is 0 Å². The Balaban J connectivity index is 2.31. The third kappa shape index (κ3) is 2.58. The van der Waals surface area contributed by atoms with Gasteiger partial charge in [-0.1, -0.05) is 6.07 Å². The number of aryl methyl sites for hydroxylation is 2. The summed E-state index contributed by atoms with van der Waals surface area (Å²) in [6.45, 7) is 4.07. The van der Waals surface area contributed by atoms with Crippen LogP contribution in [-0.4, -0.2) is 4.98 Å². The van der Waals surface area contributed by atoms with Crippen molar-refractivity contribution < 1.29 is 0 Å². The number of rotatable bonds is 2. The quantitative estimate of drug-likeness (QED) is 0.843. The van der Waals surface area contributed by atoms with Gasteiger partial charge in [0.1, 0.15) is 11.9 Å². The molecule has 0 spiro atoms. The lowest BCUT2D eigenvalue weighted by atomic mass is 10.1. The minimum absolute atomic E-state index is 0.240. The predicted octanol–water partition coefficient (Wildman–Crippen LogP) is 2.90. The first-order chi connectivity index (χ1) is 8.58. The molecule has 0 aliphatic rings. The largest absolute Gasteiger partial charge is 0.396 e. The highest BCUT2D eigenvalue weighted by atomic mass is 15.0. The number of aromatic nitrogens is 1. The summed E-state index contributed by atoms with van der Waals surface area (Å²) in [6.07, 6.45) is 0. The van der Waals surface area contributed by atoms with Gasteiger partial charge in [0.25, 0.3) is 0 Å². The number of pyridine rings is 1. The van der Waals surface area contributed by atoms with Gasteiger partial charge in [0, 0.05) is 5.69 Å². The van der Waals surface area contributed by atoms with Crippen molar-refractivity contribution in [2.24, 2.45) is 0 Å². The zero-order valence-corrected chi connectivity index (χ0v) is 10.4. The normalized spacial score (nSPS) is 9.83. The minimum atomic E-state index is 0.240. The fraction of sp³-hybridized carbons (Fsp3) is 0.143. The second-order valence-electron chi connectivity index (χ2n) is 4.25. The van der Waals surface area contributed by atoms with E-state index in [0.29, 0.717) is 11.5 Å². The van der Waals surface area contributed by atoms with E-state index < -0.39 is 0 Å².